The predicted molar refractivity (Wildman–Crippen MR) is 145 cm³/mol. The molecule has 1 aliphatic rings. The number of piperidine rings is 1. The van der Waals surface area contributed by atoms with Gasteiger partial charge in [-0.3, -0.25) is 4.79 Å². The van der Waals surface area contributed by atoms with Crippen molar-refractivity contribution in [1.82, 2.24) is 10.6 Å². The van der Waals surface area contributed by atoms with Gasteiger partial charge in [-0.1, -0.05) is 24.0 Å². The van der Waals surface area contributed by atoms with Crippen molar-refractivity contribution in [3.63, 3.8) is 0 Å². The van der Waals surface area contributed by atoms with Crippen LogP contribution in [0, 0.1) is 11.8 Å². The van der Waals surface area contributed by atoms with E-state index in [2.05, 4.69) is 33.1 Å². The average Bonchev–Trinajstić information content (AvgIpc) is 3.24. The third-order valence-electron chi connectivity index (χ3n) is 5.89. The van der Waals surface area contributed by atoms with Crippen LogP contribution >= 0.6 is 23.1 Å². The number of hydrogen-bond donors (Lipinski definition) is 4. The van der Waals surface area contributed by atoms with Crippen molar-refractivity contribution in [2.75, 3.05) is 44.4 Å². The van der Waals surface area contributed by atoms with Crippen LogP contribution in [-0.2, 0) is 0 Å². The summed E-state index contributed by atoms with van der Waals surface area (Å²) in [5.74, 6) is 5.98. The summed E-state index contributed by atoms with van der Waals surface area (Å²) < 4.78 is 60.7. The number of halogens is 4. The van der Waals surface area contributed by atoms with Crippen LogP contribution in [0.15, 0.2) is 41.3 Å². The maximum atomic E-state index is 14.4. The van der Waals surface area contributed by atoms with Gasteiger partial charge in [-0.15, -0.1) is 11.3 Å². The number of alkyl halides is 4. The summed E-state index contributed by atoms with van der Waals surface area (Å²) in [6.07, 6.45) is -0.539. The zero-order chi connectivity index (χ0) is 27.3. The van der Waals surface area contributed by atoms with E-state index < -0.39 is 17.7 Å². The van der Waals surface area contributed by atoms with E-state index in [4.69, 9.17) is 4.74 Å². The molecule has 1 aromatic heterocycles. The van der Waals surface area contributed by atoms with Crippen molar-refractivity contribution in [3.8, 4) is 17.6 Å². The first-order chi connectivity index (χ1) is 18.2. The molecule has 6 nitrogen and oxygen atoms in total. The monoisotopic (exact) mass is 566 g/mol. The highest BCUT2D eigenvalue weighted by atomic mass is 32.2. The van der Waals surface area contributed by atoms with Crippen molar-refractivity contribution in [2.24, 2.45) is 0 Å². The van der Waals surface area contributed by atoms with E-state index in [-0.39, 0.29) is 40.5 Å². The van der Waals surface area contributed by atoms with Gasteiger partial charge in [-0.25, -0.2) is 4.39 Å². The molecule has 0 saturated carbocycles. The molecule has 0 spiro atoms. The van der Waals surface area contributed by atoms with Gasteiger partial charge < -0.3 is 26.0 Å². The fourth-order valence-electron chi connectivity index (χ4n) is 4.09. The van der Waals surface area contributed by atoms with Gasteiger partial charge >= 0.3 is 5.51 Å². The van der Waals surface area contributed by atoms with Crippen LogP contribution < -0.4 is 26.0 Å². The lowest BCUT2D eigenvalue weighted by atomic mass is 10.0. The molecule has 0 unspecified atom stereocenters. The fourth-order valence-corrected chi connectivity index (χ4v) is 6.10. The molecular formula is C26H26F4N4O2S2. The Morgan fingerprint density at radius 1 is 1.26 bits per heavy atom. The third-order valence-corrected chi connectivity index (χ3v) is 8.04. The second kappa shape index (κ2) is 12.1. The smallest absolute Gasteiger partial charge is 0.446 e. The Balaban J connectivity index is 1.62. The number of methoxy groups -OCH3 is 1. The molecular weight excluding hydrogens is 540 g/mol. The van der Waals surface area contributed by atoms with Crippen LogP contribution in [0.4, 0.5) is 28.9 Å². The second-order valence-electron chi connectivity index (χ2n) is 8.40. The molecule has 1 fully saturated rings. The number of carbonyl (C=O) groups is 1. The van der Waals surface area contributed by atoms with E-state index in [9.17, 15) is 22.4 Å². The zero-order valence-electron chi connectivity index (χ0n) is 20.6. The number of fused-ring (bicyclic) bond motifs is 1. The van der Waals surface area contributed by atoms with E-state index in [1.54, 1.807) is 36.4 Å². The van der Waals surface area contributed by atoms with Crippen molar-refractivity contribution >= 4 is 50.5 Å². The van der Waals surface area contributed by atoms with Crippen LogP contribution in [0.1, 0.15) is 21.7 Å². The lowest BCUT2D eigenvalue weighted by molar-refractivity contribution is -0.0327. The Morgan fingerprint density at radius 2 is 2.08 bits per heavy atom. The summed E-state index contributed by atoms with van der Waals surface area (Å²) in [7, 11) is 3.01. The largest absolute Gasteiger partial charge is 0.495 e. The molecule has 4 rings (SSSR count). The Morgan fingerprint density at radius 3 is 2.79 bits per heavy atom. The van der Waals surface area contributed by atoms with Crippen molar-refractivity contribution in [2.45, 2.75) is 29.0 Å². The van der Waals surface area contributed by atoms with Gasteiger partial charge in [-0.05, 0) is 49.0 Å². The van der Waals surface area contributed by atoms with Crippen LogP contribution in [-0.4, -0.2) is 57.4 Å². The summed E-state index contributed by atoms with van der Waals surface area (Å²) >= 11 is 0.942. The van der Waals surface area contributed by atoms with Crippen molar-refractivity contribution in [1.29, 1.82) is 0 Å². The minimum absolute atomic E-state index is 0.0231. The molecule has 1 saturated heterocycles. The molecule has 0 aliphatic carbocycles. The first-order valence-electron chi connectivity index (χ1n) is 11.8. The topological polar surface area (TPSA) is 74.4 Å². The number of hydrogen-bond acceptors (Lipinski definition) is 7. The molecule has 12 heteroatoms. The van der Waals surface area contributed by atoms with Gasteiger partial charge in [0.1, 0.15) is 11.9 Å². The van der Waals surface area contributed by atoms with E-state index in [1.807, 2.05) is 0 Å². The molecule has 2 heterocycles. The van der Waals surface area contributed by atoms with Crippen LogP contribution in [0.3, 0.4) is 0 Å². The average molecular weight is 567 g/mol. The summed E-state index contributed by atoms with van der Waals surface area (Å²) in [5.41, 5.74) is -2.97. The van der Waals surface area contributed by atoms with Gasteiger partial charge in [0.2, 0.25) is 0 Å². The van der Waals surface area contributed by atoms with E-state index in [1.165, 1.54) is 14.2 Å². The second-order valence-corrected chi connectivity index (χ2v) is 10.5. The van der Waals surface area contributed by atoms with Crippen molar-refractivity contribution < 1.29 is 27.1 Å². The maximum Gasteiger partial charge on any atom is 0.446 e. The first kappa shape index (κ1) is 27.9. The number of ether oxygens (including phenoxy) is 1. The molecule has 1 amide bonds. The number of nitrogens with one attached hydrogen (secondary N) is 4. The highest BCUT2D eigenvalue weighted by Crippen LogP contribution is 2.47. The van der Waals surface area contributed by atoms with Gasteiger partial charge in [0.15, 0.2) is 0 Å². The molecule has 1 aliphatic heterocycles. The molecule has 4 N–H and O–H groups in total. The molecule has 0 bridgehead atoms. The quantitative estimate of drug-likeness (QED) is 0.173. The molecule has 3 aromatic rings. The number of thioether (sulfide) groups is 1. The fraction of sp³-hybridized carbons (Fsp3) is 0.346. The molecule has 202 valence electrons. The number of thiophene rings is 1. The minimum atomic E-state index is -4.50. The molecule has 2 aromatic carbocycles. The van der Waals surface area contributed by atoms with Gasteiger partial charge in [0, 0.05) is 24.5 Å². The highest BCUT2D eigenvalue weighted by Gasteiger charge is 2.33. The standard InChI is InChI=1S/C26H26F4N4O2S2/c1-31-25(35)15-8-9-21(36-2)20(13-15)33-11-4-7-22-24(38-26(28,29)30)16-5-3-6-19(23(16)37-22)34-18-10-12-32-14-17(18)27/h3,5-6,8-9,13,17-18,32-34H,10-12,14H2,1-2H3,(H,31,35)/t17-,18+/m0/s1. The van der Waals surface area contributed by atoms with Crippen LogP contribution in [0.25, 0.3) is 10.1 Å². The zero-order valence-corrected chi connectivity index (χ0v) is 22.2. The Bertz CT molecular complexity index is 1370. The first-order valence-corrected chi connectivity index (χ1v) is 13.4. The Hall–Kier alpha value is -3.14. The number of carbonyl (C=O) groups excluding carboxylic acids is 1. The van der Waals surface area contributed by atoms with E-state index >= 15 is 0 Å². The van der Waals surface area contributed by atoms with E-state index in [0.29, 0.717) is 45.7 Å². The molecule has 2 atom stereocenters. The third kappa shape index (κ3) is 6.64. The Labute approximate surface area is 225 Å². The summed E-state index contributed by atoms with van der Waals surface area (Å²) in [6.45, 7) is 0.990. The number of rotatable bonds is 7. The number of benzene rings is 2. The number of anilines is 2. The molecule has 0 radical (unpaired) electrons. The normalized spacial score (nSPS) is 17.4. The lowest BCUT2D eigenvalue weighted by Gasteiger charge is -2.28. The van der Waals surface area contributed by atoms with Crippen molar-refractivity contribution in [3.05, 3.63) is 46.8 Å². The predicted octanol–water partition coefficient (Wildman–Crippen LogP) is 5.46. The van der Waals surface area contributed by atoms with Crippen LogP contribution in [0.5, 0.6) is 5.75 Å². The van der Waals surface area contributed by atoms with Gasteiger partial charge in [0.25, 0.3) is 5.91 Å². The summed E-state index contributed by atoms with van der Waals surface area (Å²) in [6, 6.07) is 9.48. The minimum Gasteiger partial charge on any atom is -0.495 e. The molecule has 38 heavy (non-hydrogen) atoms. The van der Waals surface area contributed by atoms with E-state index in [0.717, 1.165) is 11.3 Å². The maximum absolute atomic E-state index is 14.4. The van der Waals surface area contributed by atoms with Crippen LogP contribution in [0.2, 0.25) is 0 Å². The summed E-state index contributed by atoms with van der Waals surface area (Å²) in [4.78, 5) is 12.3. The summed E-state index contributed by atoms with van der Waals surface area (Å²) in [5, 5.41) is 12.2. The number of amides is 1. The van der Waals surface area contributed by atoms with Gasteiger partial charge in [-0.2, -0.15) is 13.2 Å². The highest BCUT2D eigenvalue weighted by molar-refractivity contribution is 8.00. The Kier molecular flexibility index (Phi) is 8.91. The van der Waals surface area contributed by atoms with Gasteiger partial charge in [0.05, 0.1) is 45.5 Å². The SMILES string of the molecule is CNC(=O)c1ccc(OC)c(NCC#Cc2sc3c(N[C@@H]4CCNC[C@@H]4F)cccc3c2SC(F)(F)F)c1. The lowest BCUT2D eigenvalue weighted by Crippen LogP contribution is -2.45.